The molecule has 0 aliphatic rings. The van der Waals surface area contributed by atoms with Crippen LogP contribution in [0.4, 0.5) is 9.41 Å². The van der Waals surface area contributed by atoms with Crippen molar-refractivity contribution in [3.63, 3.8) is 0 Å². The topological polar surface area (TPSA) is 0 Å². The van der Waals surface area contributed by atoms with Crippen LogP contribution in [-0.2, 0) is 0 Å². The molecule has 0 aliphatic carbocycles. The van der Waals surface area contributed by atoms with Gasteiger partial charge in [-0.15, -0.1) is 0 Å². The Balaban J connectivity index is -0.000000320. The smallest absolute Gasteiger partial charge is 0.0757 e. The van der Waals surface area contributed by atoms with Crippen molar-refractivity contribution in [2.45, 2.75) is 27.7 Å². The van der Waals surface area contributed by atoms with Crippen LogP contribution >= 0.6 is 0 Å². The normalized spacial score (nSPS) is 9.82. The lowest BCUT2D eigenvalue weighted by Gasteiger charge is -2.34. The molecule has 0 heterocycles. The molecule has 0 atom stereocenters. The minimum absolute atomic E-state index is 0. The second kappa shape index (κ2) is 7.92. The lowest BCUT2D eigenvalue weighted by atomic mass is 10.3. The molecule has 0 bridgehead atoms. The minimum atomic E-state index is 0. The average molecular weight is 170 g/mol. The third-order valence-electron chi connectivity index (χ3n) is 2.68. The SMILES string of the molecule is CC[N+](CC)(CC)CC.F.F. The molecule has 0 radical (unpaired) electrons. The Bertz CT molecular complexity index is 55.0. The molecule has 0 spiro atoms. The van der Waals surface area contributed by atoms with E-state index in [2.05, 4.69) is 27.7 Å². The quantitative estimate of drug-likeness (QED) is 0.567. The maximum atomic E-state index is 2.27. The highest BCUT2D eigenvalue weighted by Crippen LogP contribution is 2.03. The van der Waals surface area contributed by atoms with Gasteiger partial charge >= 0.3 is 0 Å². The van der Waals surface area contributed by atoms with E-state index in [0.29, 0.717) is 0 Å². The molecule has 0 aromatic carbocycles. The Morgan fingerprint density at radius 1 is 0.636 bits per heavy atom. The molecule has 0 saturated carbocycles. The standard InChI is InChI=1S/C8H20N.2FH/c1-5-9(6-2,7-3)8-4;;/h5-8H2,1-4H3;2*1H/q+1;;. The van der Waals surface area contributed by atoms with E-state index in [1.807, 2.05) is 0 Å². The highest BCUT2D eigenvalue weighted by Gasteiger charge is 2.16. The number of hydrogen-bond acceptors (Lipinski definition) is 0. The number of quaternary nitrogens is 1. The van der Waals surface area contributed by atoms with E-state index in [-0.39, 0.29) is 9.41 Å². The summed E-state index contributed by atoms with van der Waals surface area (Å²) in [6.45, 7) is 14.2. The largest absolute Gasteiger partial charge is 0.325 e. The van der Waals surface area contributed by atoms with Crippen molar-refractivity contribution in [3.8, 4) is 0 Å². The van der Waals surface area contributed by atoms with Crippen molar-refractivity contribution >= 4 is 0 Å². The van der Waals surface area contributed by atoms with Gasteiger partial charge in [-0.2, -0.15) is 0 Å². The highest BCUT2D eigenvalue weighted by molar-refractivity contribution is 4.31. The van der Waals surface area contributed by atoms with Crippen LogP contribution in [0.25, 0.3) is 0 Å². The van der Waals surface area contributed by atoms with E-state index in [4.69, 9.17) is 0 Å². The second-order valence-corrected chi connectivity index (χ2v) is 2.61. The van der Waals surface area contributed by atoms with E-state index in [9.17, 15) is 0 Å². The van der Waals surface area contributed by atoms with Gasteiger partial charge in [0.1, 0.15) is 0 Å². The molecule has 0 rings (SSSR count). The van der Waals surface area contributed by atoms with Gasteiger partial charge in [0, 0.05) is 0 Å². The van der Waals surface area contributed by atoms with E-state index in [0.717, 1.165) is 0 Å². The average Bonchev–Trinajstić information content (AvgIpc) is 1.95. The summed E-state index contributed by atoms with van der Waals surface area (Å²) in [6, 6.07) is 0. The first-order valence-electron chi connectivity index (χ1n) is 4.09. The monoisotopic (exact) mass is 170 g/mol. The molecule has 0 saturated heterocycles. The number of rotatable bonds is 4. The van der Waals surface area contributed by atoms with Crippen LogP contribution in [0, 0.1) is 0 Å². The number of halogens is 2. The van der Waals surface area contributed by atoms with Gasteiger partial charge in [-0.3, -0.25) is 9.41 Å². The van der Waals surface area contributed by atoms with Crippen molar-refractivity contribution in [2.24, 2.45) is 0 Å². The van der Waals surface area contributed by atoms with Gasteiger partial charge in [0.05, 0.1) is 26.2 Å². The summed E-state index contributed by atoms with van der Waals surface area (Å²) in [7, 11) is 0. The summed E-state index contributed by atoms with van der Waals surface area (Å²) >= 11 is 0. The molecule has 11 heavy (non-hydrogen) atoms. The highest BCUT2D eigenvalue weighted by atomic mass is 19.0. The van der Waals surface area contributed by atoms with Crippen LogP contribution in [-0.4, -0.2) is 30.7 Å². The number of nitrogens with zero attached hydrogens (tertiary/aromatic N) is 1. The summed E-state index contributed by atoms with van der Waals surface area (Å²) in [6.07, 6.45) is 0. The van der Waals surface area contributed by atoms with Crippen molar-refractivity contribution in [1.29, 1.82) is 0 Å². The third kappa shape index (κ3) is 4.30. The molecule has 72 valence electrons. The Morgan fingerprint density at radius 2 is 0.818 bits per heavy atom. The van der Waals surface area contributed by atoms with E-state index in [1.165, 1.54) is 30.7 Å². The fourth-order valence-corrected chi connectivity index (χ4v) is 1.34. The summed E-state index contributed by atoms with van der Waals surface area (Å²) in [5.74, 6) is 0. The van der Waals surface area contributed by atoms with Crippen molar-refractivity contribution in [2.75, 3.05) is 26.2 Å². The van der Waals surface area contributed by atoms with Crippen molar-refractivity contribution < 1.29 is 13.9 Å². The maximum Gasteiger partial charge on any atom is 0.0757 e. The lowest BCUT2D eigenvalue weighted by Crippen LogP contribution is -2.47. The first kappa shape index (κ1) is 17.1. The molecule has 0 aromatic rings. The van der Waals surface area contributed by atoms with Crippen molar-refractivity contribution in [3.05, 3.63) is 0 Å². The van der Waals surface area contributed by atoms with Gasteiger partial charge in [-0.1, -0.05) is 0 Å². The van der Waals surface area contributed by atoms with E-state index < -0.39 is 0 Å². The molecule has 0 N–H and O–H groups in total. The Kier molecular flexibility index (Phi) is 12.3. The first-order chi connectivity index (χ1) is 4.24. The van der Waals surface area contributed by atoms with Crippen LogP contribution in [0.5, 0.6) is 0 Å². The van der Waals surface area contributed by atoms with Crippen LogP contribution in [0.2, 0.25) is 0 Å². The fourth-order valence-electron chi connectivity index (χ4n) is 1.34. The zero-order chi connectivity index (χ0) is 7.33. The third-order valence-corrected chi connectivity index (χ3v) is 2.68. The molecule has 0 fully saturated rings. The molecule has 0 aromatic heterocycles. The molecule has 0 amide bonds. The molecule has 1 nitrogen and oxygen atoms in total. The summed E-state index contributed by atoms with van der Waals surface area (Å²) < 4.78 is 1.28. The summed E-state index contributed by atoms with van der Waals surface area (Å²) in [5.41, 5.74) is 0. The number of hydrogen-bond donors (Lipinski definition) is 0. The Morgan fingerprint density at radius 3 is 0.818 bits per heavy atom. The fraction of sp³-hybridized carbons (Fsp3) is 1.00. The molecule has 0 unspecified atom stereocenters. The van der Waals surface area contributed by atoms with Crippen LogP contribution in [0.15, 0.2) is 0 Å². The zero-order valence-corrected chi connectivity index (χ0v) is 8.09. The van der Waals surface area contributed by atoms with E-state index >= 15 is 0 Å². The van der Waals surface area contributed by atoms with Crippen LogP contribution in [0.3, 0.4) is 0 Å². The van der Waals surface area contributed by atoms with Crippen LogP contribution in [0.1, 0.15) is 27.7 Å². The van der Waals surface area contributed by atoms with Gasteiger partial charge in [0.2, 0.25) is 0 Å². The zero-order valence-electron chi connectivity index (χ0n) is 8.09. The van der Waals surface area contributed by atoms with E-state index in [1.54, 1.807) is 0 Å². The minimum Gasteiger partial charge on any atom is -0.325 e. The predicted molar refractivity (Wildman–Crippen MR) is 47.4 cm³/mol. The van der Waals surface area contributed by atoms with Gasteiger partial charge in [0.15, 0.2) is 0 Å². The lowest BCUT2D eigenvalue weighted by molar-refractivity contribution is -0.921. The summed E-state index contributed by atoms with van der Waals surface area (Å²) in [5, 5.41) is 0. The molecule has 3 heteroatoms. The van der Waals surface area contributed by atoms with Gasteiger partial charge in [0.25, 0.3) is 0 Å². The molecule has 0 aliphatic heterocycles. The molecular formula is C8H22F2N+. The van der Waals surface area contributed by atoms with Gasteiger partial charge in [-0.05, 0) is 27.7 Å². The second-order valence-electron chi connectivity index (χ2n) is 2.61. The maximum absolute atomic E-state index is 2.27. The van der Waals surface area contributed by atoms with Gasteiger partial charge < -0.3 is 4.48 Å². The van der Waals surface area contributed by atoms with Crippen molar-refractivity contribution in [1.82, 2.24) is 0 Å². The van der Waals surface area contributed by atoms with Crippen LogP contribution < -0.4 is 0 Å². The predicted octanol–water partition coefficient (Wildman–Crippen LogP) is 2.19. The molecular weight excluding hydrogens is 148 g/mol. The first-order valence-corrected chi connectivity index (χ1v) is 4.09. The van der Waals surface area contributed by atoms with Gasteiger partial charge in [-0.25, -0.2) is 0 Å². The Hall–Kier alpha value is -0.180. The summed E-state index contributed by atoms with van der Waals surface area (Å²) in [4.78, 5) is 0. The Labute approximate surface area is 68.7 Å².